The Morgan fingerprint density at radius 2 is 1.57 bits per heavy atom. The highest BCUT2D eigenvalue weighted by Gasteiger charge is 2.22. The maximum Gasteiger partial charge on any atom is 0.280 e. The number of fused-ring (bicyclic) bond motifs is 1. The molecule has 4 rings (SSSR count). The summed E-state index contributed by atoms with van der Waals surface area (Å²) in [5, 5.41) is 14.4. The third-order valence-electron chi connectivity index (χ3n) is 4.09. The molecule has 0 atom stereocenters. The lowest BCUT2D eigenvalue weighted by atomic mass is 10.1. The summed E-state index contributed by atoms with van der Waals surface area (Å²) in [5.74, 6) is -0.766. The van der Waals surface area contributed by atoms with Gasteiger partial charge in [-0.2, -0.15) is 5.21 Å². The Labute approximate surface area is 160 Å². The fourth-order valence-corrected chi connectivity index (χ4v) is 3.79. The topological polar surface area (TPSA) is 117 Å². The molecular formula is C19H15N5O3S. The van der Waals surface area contributed by atoms with Crippen LogP contribution in [0.3, 0.4) is 0 Å². The van der Waals surface area contributed by atoms with Crippen LogP contribution in [0.5, 0.6) is 0 Å². The van der Waals surface area contributed by atoms with Crippen LogP contribution in [-0.4, -0.2) is 29.7 Å². The Hall–Kier alpha value is -3.72. The minimum Gasteiger partial charge on any atom is -0.320 e. The number of carbonyl (C=O) groups excluding carboxylic acids is 1. The van der Waals surface area contributed by atoms with Gasteiger partial charge in [-0.3, -0.25) is 9.52 Å². The summed E-state index contributed by atoms with van der Waals surface area (Å²) in [7, 11) is -3.90. The van der Waals surface area contributed by atoms with Crippen molar-refractivity contribution < 1.29 is 13.2 Å². The van der Waals surface area contributed by atoms with Crippen molar-refractivity contribution in [2.75, 3.05) is 10.0 Å². The standard InChI is InChI=1S/C19H15N5O3S/c25-19(20-16-12-6-8-13-7-4-5-11-15(13)16)17-18(22-24-21-17)23-28(26,27)14-9-2-1-3-10-14/h1-12H,(H,20,25)(H2,21,22,23,24). The maximum absolute atomic E-state index is 12.7. The van der Waals surface area contributed by atoms with Crippen LogP contribution < -0.4 is 10.0 Å². The van der Waals surface area contributed by atoms with E-state index >= 15 is 0 Å². The lowest BCUT2D eigenvalue weighted by Crippen LogP contribution is -2.18. The summed E-state index contributed by atoms with van der Waals surface area (Å²) < 4.78 is 27.3. The third-order valence-corrected chi connectivity index (χ3v) is 5.44. The number of anilines is 2. The normalized spacial score (nSPS) is 11.3. The number of sulfonamides is 1. The van der Waals surface area contributed by atoms with Gasteiger partial charge in [0.1, 0.15) is 0 Å². The quantitative estimate of drug-likeness (QED) is 0.482. The predicted octanol–water partition coefficient (Wildman–Crippen LogP) is 3.01. The molecule has 0 aliphatic rings. The molecule has 140 valence electrons. The van der Waals surface area contributed by atoms with Gasteiger partial charge in [-0.15, -0.1) is 10.2 Å². The number of hydrogen-bond acceptors (Lipinski definition) is 5. The summed E-state index contributed by atoms with van der Waals surface area (Å²) >= 11 is 0. The van der Waals surface area contributed by atoms with Gasteiger partial charge in [0.2, 0.25) is 0 Å². The molecular weight excluding hydrogens is 378 g/mol. The molecule has 0 saturated carbocycles. The van der Waals surface area contributed by atoms with Crippen molar-refractivity contribution in [3.05, 3.63) is 78.5 Å². The summed E-state index contributed by atoms with van der Waals surface area (Å²) in [6.45, 7) is 0. The van der Waals surface area contributed by atoms with Crippen molar-refractivity contribution in [1.82, 2.24) is 15.4 Å². The highest BCUT2D eigenvalue weighted by atomic mass is 32.2. The number of rotatable bonds is 5. The van der Waals surface area contributed by atoms with E-state index in [2.05, 4.69) is 25.4 Å². The van der Waals surface area contributed by atoms with Crippen molar-refractivity contribution in [2.45, 2.75) is 4.90 Å². The van der Waals surface area contributed by atoms with Gasteiger partial charge in [-0.25, -0.2) is 8.42 Å². The largest absolute Gasteiger partial charge is 0.320 e. The van der Waals surface area contributed by atoms with Crippen molar-refractivity contribution in [3.8, 4) is 0 Å². The number of nitrogens with zero attached hydrogens (tertiary/aromatic N) is 2. The van der Waals surface area contributed by atoms with Gasteiger partial charge in [-0.05, 0) is 23.6 Å². The molecule has 0 fully saturated rings. The molecule has 8 nitrogen and oxygen atoms in total. The molecule has 1 heterocycles. The number of carbonyl (C=O) groups is 1. The van der Waals surface area contributed by atoms with E-state index in [0.717, 1.165) is 10.8 Å². The van der Waals surface area contributed by atoms with E-state index in [1.54, 1.807) is 24.3 Å². The maximum atomic E-state index is 12.7. The van der Waals surface area contributed by atoms with Crippen LogP contribution in [0.15, 0.2) is 77.7 Å². The van der Waals surface area contributed by atoms with E-state index in [0.29, 0.717) is 5.69 Å². The summed E-state index contributed by atoms with van der Waals surface area (Å²) in [6, 6.07) is 20.9. The van der Waals surface area contributed by atoms with Crippen molar-refractivity contribution in [3.63, 3.8) is 0 Å². The number of H-pyrrole nitrogens is 1. The zero-order valence-electron chi connectivity index (χ0n) is 14.5. The molecule has 1 aromatic heterocycles. The molecule has 0 radical (unpaired) electrons. The fourth-order valence-electron chi connectivity index (χ4n) is 2.76. The van der Waals surface area contributed by atoms with Crippen LogP contribution in [0.4, 0.5) is 11.5 Å². The molecule has 0 bridgehead atoms. The van der Waals surface area contributed by atoms with Gasteiger partial charge in [0.25, 0.3) is 15.9 Å². The molecule has 0 unspecified atom stereocenters. The SMILES string of the molecule is O=C(Nc1cccc2ccccc12)c1n[nH]nc1NS(=O)(=O)c1ccccc1. The van der Waals surface area contributed by atoms with Gasteiger partial charge in [-0.1, -0.05) is 54.6 Å². The van der Waals surface area contributed by atoms with Crippen LogP contribution in [-0.2, 0) is 10.0 Å². The number of aromatic amines is 1. The number of amides is 1. The second-order valence-corrected chi connectivity index (χ2v) is 7.60. The number of aromatic nitrogens is 3. The van der Waals surface area contributed by atoms with Crippen LogP contribution in [0.25, 0.3) is 10.8 Å². The van der Waals surface area contributed by atoms with Gasteiger partial charge in [0.15, 0.2) is 11.5 Å². The Morgan fingerprint density at radius 3 is 2.39 bits per heavy atom. The Bertz CT molecular complexity index is 1250. The fraction of sp³-hybridized carbons (Fsp3) is 0. The minimum atomic E-state index is -3.90. The first-order valence-electron chi connectivity index (χ1n) is 8.32. The van der Waals surface area contributed by atoms with Crippen LogP contribution in [0, 0.1) is 0 Å². The van der Waals surface area contributed by atoms with Crippen LogP contribution in [0.2, 0.25) is 0 Å². The molecule has 9 heteroatoms. The zero-order chi connectivity index (χ0) is 19.6. The van der Waals surface area contributed by atoms with E-state index < -0.39 is 15.9 Å². The van der Waals surface area contributed by atoms with E-state index in [1.165, 1.54) is 12.1 Å². The monoisotopic (exact) mass is 393 g/mol. The first kappa shape index (κ1) is 17.7. The van der Waals surface area contributed by atoms with E-state index in [4.69, 9.17) is 0 Å². The molecule has 0 saturated heterocycles. The smallest absolute Gasteiger partial charge is 0.280 e. The Kier molecular flexibility index (Phi) is 4.50. The first-order chi connectivity index (χ1) is 13.5. The minimum absolute atomic E-state index is 0.0541. The lowest BCUT2D eigenvalue weighted by molar-refractivity contribution is 0.102. The third kappa shape index (κ3) is 3.42. The Balaban J connectivity index is 1.61. The van der Waals surface area contributed by atoms with E-state index in [-0.39, 0.29) is 16.4 Å². The molecule has 0 aliphatic heterocycles. The summed E-state index contributed by atoms with van der Waals surface area (Å²) in [5.41, 5.74) is 0.426. The van der Waals surface area contributed by atoms with Crippen molar-refractivity contribution in [1.29, 1.82) is 0 Å². The summed E-state index contributed by atoms with van der Waals surface area (Å²) in [6.07, 6.45) is 0. The van der Waals surface area contributed by atoms with Gasteiger partial charge in [0, 0.05) is 11.1 Å². The highest BCUT2D eigenvalue weighted by Crippen LogP contribution is 2.24. The van der Waals surface area contributed by atoms with Gasteiger partial charge >= 0.3 is 0 Å². The lowest BCUT2D eigenvalue weighted by Gasteiger charge is -2.09. The molecule has 28 heavy (non-hydrogen) atoms. The van der Waals surface area contributed by atoms with Crippen LogP contribution >= 0.6 is 0 Å². The average Bonchev–Trinajstić information content (AvgIpc) is 3.16. The molecule has 4 aromatic rings. The molecule has 3 N–H and O–H groups in total. The molecule has 0 aliphatic carbocycles. The van der Waals surface area contributed by atoms with Crippen molar-refractivity contribution in [2.24, 2.45) is 0 Å². The number of hydrogen-bond donors (Lipinski definition) is 3. The van der Waals surface area contributed by atoms with Gasteiger partial charge < -0.3 is 5.32 Å². The number of benzene rings is 3. The molecule has 1 amide bonds. The van der Waals surface area contributed by atoms with Crippen LogP contribution in [0.1, 0.15) is 10.5 Å². The average molecular weight is 393 g/mol. The van der Waals surface area contributed by atoms with E-state index in [9.17, 15) is 13.2 Å². The molecule has 3 aromatic carbocycles. The number of nitrogens with one attached hydrogen (secondary N) is 3. The highest BCUT2D eigenvalue weighted by molar-refractivity contribution is 7.92. The first-order valence-corrected chi connectivity index (χ1v) is 9.81. The zero-order valence-corrected chi connectivity index (χ0v) is 15.3. The summed E-state index contributed by atoms with van der Waals surface area (Å²) in [4.78, 5) is 12.7. The van der Waals surface area contributed by atoms with E-state index in [1.807, 2.05) is 36.4 Å². The predicted molar refractivity (Wildman–Crippen MR) is 106 cm³/mol. The Morgan fingerprint density at radius 1 is 0.857 bits per heavy atom. The second kappa shape index (κ2) is 7.12. The molecule has 0 spiro atoms. The van der Waals surface area contributed by atoms with Crippen molar-refractivity contribution >= 4 is 38.2 Å². The van der Waals surface area contributed by atoms with Gasteiger partial charge in [0.05, 0.1) is 4.90 Å². The second-order valence-electron chi connectivity index (χ2n) is 5.92.